The van der Waals surface area contributed by atoms with E-state index in [-0.39, 0.29) is 5.91 Å². The highest BCUT2D eigenvalue weighted by Crippen LogP contribution is 2.20. The van der Waals surface area contributed by atoms with Crippen molar-refractivity contribution < 1.29 is 4.79 Å². The molecule has 1 amide bonds. The number of piperazine rings is 1. The Morgan fingerprint density at radius 1 is 1.18 bits per heavy atom. The van der Waals surface area contributed by atoms with E-state index >= 15 is 0 Å². The van der Waals surface area contributed by atoms with E-state index in [9.17, 15) is 4.79 Å². The summed E-state index contributed by atoms with van der Waals surface area (Å²) in [6, 6.07) is 7.23. The van der Waals surface area contributed by atoms with E-state index in [1.54, 1.807) is 12.1 Å². The number of allylic oxidation sites excluding steroid dienone is 2. The smallest absolute Gasteiger partial charge is 0.253 e. The monoisotopic (exact) mass is 318 g/mol. The predicted octanol–water partition coefficient (Wildman–Crippen LogP) is 3.45. The molecule has 1 aromatic rings. The zero-order valence-electron chi connectivity index (χ0n) is 12.9. The Hall–Kier alpha value is -1.32. The molecule has 2 aliphatic rings. The average molecular weight is 319 g/mol. The molecule has 4 heteroatoms. The van der Waals surface area contributed by atoms with Gasteiger partial charge in [-0.3, -0.25) is 9.69 Å². The van der Waals surface area contributed by atoms with Crippen molar-refractivity contribution >= 4 is 17.5 Å². The molecule has 1 aliphatic heterocycles. The summed E-state index contributed by atoms with van der Waals surface area (Å²) in [6.45, 7) is 4.75. The highest BCUT2D eigenvalue weighted by atomic mass is 35.5. The Morgan fingerprint density at radius 3 is 2.68 bits per heavy atom. The first kappa shape index (κ1) is 15.6. The first-order chi connectivity index (χ1) is 10.7. The number of benzene rings is 1. The number of halogens is 1. The maximum Gasteiger partial charge on any atom is 0.253 e. The summed E-state index contributed by atoms with van der Waals surface area (Å²) in [5.74, 6) is 0.892. The summed E-state index contributed by atoms with van der Waals surface area (Å²) in [5.41, 5.74) is 0.693. The topological polar surface area (TPSA) is 23.6 Å². The molecule has 0 bridgehead atoms. The van der Waals surface area contributed by atoms with Gasteiger partial charge in [-0.05, 0) is 43.4 Å². The molecule has 0 radical (unpaired) electrons. The van der Waals surface area contributed by atoms with Crippen molar-refractivity contribution in [2.24, 2.45) is 5.92 Å². The molecule has 0 saturated carbocycles. The van der Waals surface area contributed by atoms with Gasteiger partial charge in [0.25, 0.3) is 5.91 Å². The molecule has 1 aromatic carbocycles. The minimum Gasteiger partial charge on any atom is -0.336 e. The molecule has 3 nitrogen and oxygen atoms in total. The number of amides is 1. The molecule has 1 atom stereocenters. The van der Waals surface area contributed by atoms with Crippen LogP contribution in [0.5, 0.6) is 0 Å². The van der Waals surface area contributed by atoms with Crippen LogP contribution in [0.2, 0.25) is 5.02 Å². The van der Waals surface area contributed by atoms with Crippen LogP contribution in [0.15, 0.2) is 36.4 Å². The second-order valence-electron chi connectivity index (χ2n) is 6.25. The van der Waals surface area contributed by atoms with Gasteiger partial charge in [0.05, 0.1) is 0 Å². The van der Waals surface area contributed by atoms with E-state index in [0.717, 1.165) is 32.1 Å². The first-order valence-corrected chi connectivity index (χ1v) is 8.52. The molecule has 0 N–H and O–H groups in total. The fourth-order valence-electron chi connectivity index (χ4n) is 3.32. The van der Waals surface area contributed by atoms with Crippen molar-refractivity contribution in [2.45, 2.75) is 19.3 Å². The molecule has 1 saturated heterocycles. The van der Waals surface area contributed by atoms with Gasteiger partial charge in [0.2, 0.25) is 0 Å². The average Bonchev–Trinajstić information content (AvgIpc) is 2.56. The van der Waals surface area contributed by atoms with Crippen LogP contribution in [0.25, 0.3) is 0 Å². The summed E-state index contributed by atoms with van der Waals surface area (Å²) in [5, 5.41) is 0.620. The zero-order valence-corrected chi connectivity index (χ0v) is 13.6. The number of carbonyl (C=O) groups excluding carboxylic acids is 1. The second-order valence-corrected chi connectivity index (χ2v) is 6.69. The molecule has 1 heterocycles. The number of rotatable bonds is 3. The molecule has 0 aromatic heterocycles. The summed E-state index contributed by atoms with van der Waals surface area (Å²) in [7, 11) is 0. The molecule has 22 heavy (non-hydrogen) atoms. The quantitative estimate of drug-likeness (QED) is 0.797. The first-order valence-electron chi connectivity index (χ1n) is 8.14. The van der Waals surface area contributed by atoms with Gasteiger partial charge in [0.15, 0.2) is 0 Å². The Bertz CT molecular complexity index is 550. The number of nitrogens with zero attached hydrogens (tertiary/aromatic N) is 2. The van der Waals surface area contributed by atoms with Crippen LogP contribution >= 0.6 is 11.6 Å². The highest BCUT2D eigenvalue weighted by molar-refractivity contribution is 6.30. The maximum absolute atomic E-state index is 12.5. The van der Waals surface area contributed by atoms with Crippen LogP contribution in [-0.2, 0) is 0 Å². The molecule has 0 unspecified atom stereocenters. The van der Waals surface area contributed by atoms with Gasteiger partial charge >= 0.3 is 0 Å². The van der Waals surface area contributed by atoms with Crippen molar-refractivity contribution in [3.63, 3.8) is 0 Å². The van der Waals surface area contributed by atoms with Crippen LogP contribution in [0.1, 0.15) is 29.6 Å². The lowest BCUT2D eigenvalue weighted by Crippen LogP contribution is -2.49. The summed E-state index contributed by atoms with van der Waals surface area (Å²) >= 11 is 5.97. The van der Waals surface area contributed by atoms with Gasteiger partial charge in [-0.1, -0.05) is 29.8 Å². The molecule has 0 spiro atoms. The van der Waals surface area contributed by atoms with Gasteiger partial charge < -0.3 is 4.90 Å². The number of carbonyl (C=O) groups is 1. The van der Waals surface area contributed by atoms with Crippen molar-refractivity contribution in [2.75, 3.05) is 32.7 Å². The lowest BCUT2D eigenvalue weighted by molar-refractivity contribution is 0.0614. The predicted molar refractivity (Wildman–Crippen MR) is 90.3 cm³/mol. The minimum atomic E-state index is 0.0998. The van der Waals surface area contributed by atoms with Crippen LogP contribution in [0.4, 0.5) is 0 Å². The van der Waals surface area contributed by atoms with Crippen molar-refractivity contribution in [1.82, 2.24) is 9.80 Å². The fourth-order valence-corrected chi connectivity index (χ4v) is 3.52. The van der Waals surface area contributed by atoms with E-state index in [2.05, 4.69) is 17.1 Å². The summed E-state index contributed by atoms with van der Waals surface area (Å²) in [4.78, 5) is 16.9. The molecule has 3 rings (SSSR count). The fraction of sp³-hybridized carbons (Fsp3) is 0.500. The van der Waals surface area contributed by atoms with Gasteiger partial charge in [0.1, 0.15) is 0 Å². The Morgan fingerprint density at radius 2 is 2.00 bits per heavy atom. The molecule has 1 aliphatic carbocycles. The van der Waals surface area contributed by atoms with Crippen LogP contribution in [-0.4, -0.2) is 48.4 Å². The third-order valence-corrected chi connectivity index (χ3v) is 4.86. The van der Waals surface area contributed by atoms with Gasteiger partial charge in [-0.25, -0.2) is 0 Å². The zero-order chi connectivity index (χ0) is 15.4. The van der Waals surface area contributed by atoms with Crippen LogP contribution < -0.4 is 0 Å². The lowest BCUT2D eigenvalue weighted by Gasteiger charge is -2.36. The van der Waals surface area contributed by atoms with Gasteiger partial charge in [-0.2, -0.15) is 0 Å². The van der Waals surface area contributed by atoms with E-state index in [0.29, 0.717) is 10.6 Å². The standard InChI is InChI=1S/C18H23ClN2O/c19-17-8-4-7-16(13-17)18(22)21-11-9-20(10-12-21)14-15-5-2-1-3-6-15/h1-2,4,7-8,13,15H,3,5-6,9-12,14H2/t15-/m1/s1. The van der Waals surface area contributed by atoms with Crippen molar-refractivity contribution in [1.29, 1.82) is 0 Å². The van der Waals surface area contributed by atoms with Crippen molar-refractivity contribution in [3.05, 3.63) is 47.0 Å². The highest BCUT2D eigenvalue weighted by Gasteiger charge is 2.24. The molecule has 118 valence electrons. The lowest BCUT2D eigenvalue weighted by atomic mass is 9.94. The third-order valence-electron chi connectivity index (χ3n) is 4.63. The summed E-state index contributed by atoms with van der Waals surface area (Å²) < 4.78 is 0. The minimum absolute atomic E-state index is 0.0998. The molecular weight excluding hydrogens is 296 g/mol. The third kappa shape index (κ3) is 3.90. The van der Waals surface area contributed by atoms with Gasteiger partial charge in [0, 0.05) is 43.3 Å². The van der Waals surface area contributed by atoms with E-state index in [4.69, 9.17) is 11.6 Å². The van der Waals surface area contributed by atoms with E-state index in [1.807, 2.05) is 17.0 Å². The van der Waals surface area contributed by atoms with E-state index in [1.165, 1.54) is 25.8 Å². The number of hydrogen-bond acceptors (Lipinski definition) is 2. The van der Waals surface area contributed by atoms with E-state index < -0.39 is 0 Å². The largest absolute Gasteiger partial charge is 0.336 e. The normalized spacial score (nSPS) is 22.8. The summed E-state index contributed by atoms with van der Waals surface area (Å²) in [6.07, 6.45) is 8.34. The Balaban J connectivity index is 1.51. The second kappa shape index (κ2) is 7.30. The van der Waals surface area contributed by atoms with Gasteiger partial charge in [-0.15, -0.1) is 0 Å². The SMILES string of the molecule is O=C(c1cccc(Cl)c1)N1CCN(C[C@@H]2CC=CCC2)CC1. The molecule has 1 fully saturated rings. The Kier molecular flexibility index (Phi) is 5.16. The number of hydrogen-bond donors (Lipinski definition) is 0. The maximum atomic E-state index is 12.5. The van der Waals surface area contributed by atoms with Crippen LogP contribution in [0.3, 0.4) is 0 Å². The van der Waals surface area contributed by atoms with Crippen LogP contribution in [0, 0.1) is 5.92 Å². The Labute approximate surface area is 137 Å². The van der Waals surface area contributed by atoms with Crippen molar-refractivity contribution in [3.8, 4) is 0 Å². The molecular formula is C18H23ClN2O.